The second kappa shape index (κ2) is 5.97. The van der Waals surface area contributed by atoms with Crippen molar-refractivity contribution in [2.45, 2.75) is 12.8 Å². The number of rotatable bonds is 3. The molecule has 2 rings (SSSR count). The van der Waals surface area contributed by atoms with Crippen LogP contribution in [-0.4, -0.2) is 32.1 Å². The van der Waals surface area contributed by atoms with Gasteiger partial charge >= 0.3 is 5.97 Å². The minimum atomic E-state index is -0.415. The van der Waals surface area contributed by atoms with Crippen LogP contribution in [0.25, 0.3) is 0 Å². The number of thiophene rings is 1. The number of esters is 1. The van der Waals surface area contributed by atoms with E-state index >= 15 is 0 Å². The number of hydrogen-bond donors (Lipinski definition) is 2. The zero-order chi connectivity index (χ0) is 13.0. The SMILES string of the molecule is COC(=O)c1sccc1NC(=O)[C@@H]1CCCNC1. The standard InChI is InChI=1S/C12H16N2O3S/c1-17-12(16)10-9(4-6-18-10)14-11(15)8-3-2-5-13-7-8/h4,6,8,13H,2-3,5,7H2,1H3,(H,14,15)/t8-/m1/s1. The average Bonchev–Trinajstić information content (AvgIpc) is 2.87. The van der Waals surface area contributed by atoms with Crippen molar-refractivity contribution in [3.05, 3.63) is 16.3 Å². The molecule has 0 unspecified atom stereocenters. The van der Waals surface area contributed by atoms with Gasteiger partial charge in [0.2, 0.25) is 5.91 Å². The summed E-state index contributed by atoms with van der Waals surface area (Å²) in [7, 11) is 1.33. The topological polar surface area (TPSA) is 67.4 Å². The van der Waals surface area contributed by atoms with Crippen LogP contribution >= 0.6 is 11.3 Å². The molecule has 6 heteroatoms. The summed E-state index contributed by atoms with van der Waals surface area (Å²) in [4.78, 5) is 23.9. The van der Waals surface area contributed by atoms with E-state index in [0.717, 1.165) is 19.4 Å². The van der Waals surface area contributed by atoms with Crippen molar-refractivity contribution < 1.29 is 14.3 Å². The number of nitrogens with one attached hydrogen (secondary N) is 2. The van der Waals surface area contributed by atoms with Crippen molar-refractivity contribution in [2.24, 2.45) is 5.92 Å². The highest BCUT2D eigenvalue weighted by molar-refractivity contribution is 7.12. The summed E-state index contributed by atoms with van der Waals surface area (Å²) >= 11 is 1.27. The monoisotopic (exact) mass is 268 g/mol. The molecule has 1 atom stereocenters. The molecule has 18 heavy (non-hydrogen) atoms. The van der Waals surface area contributed by atoms with Gasteiger partial charge in [-0.2, -0.15) is 0 Å². The van der Waals surface area contributed by atoms with Crippen molar-refractivity contribution in [3.8, 4) is 0 Å². The van der Waals surface area contributed by atoms with E-state index in [-0.39, 0.29) is 11.8 Å². The van der Waals surface area contributed by atoms with E-state index in [1.165, 1.54) is 18.4 Å². The molecule has 0 saturated carbocycles. The molecule has 1 fully saturated rings. The first-order valence-corrected chi connectivity index (χ1v) is 6.77. The highest BCUT2D eigenvalue weighted by Crippen LogP contribution is 2.24. The van der Waals surface area contributed by atoms with Gasteiger partial charge in [0, 0.05) is 6.54 Å². The molecule has 98 valence electrons. The zero-order valence-corrected chi connectivity index (χ0v) is 11.0. The maximum atomic E-state index is 12.0. The smallest absolute Gasteiger partial charge is 0.350 e. The summed E-state index contributed by atoms with van der Waals surface area (Å²) in [5.41, 5.74) is 0.544. The van der Waals surface area contributed by atoms with Crippen LogP contribution in [-0.2, 0) is 9.53 Å². The number of carbonyl (C=O) groups is 2. The van der Waals surface area contributed by atoms with E-state index in [2.05, 4.69) is 15.4 Å². The van der Waals surface area contributed by atoms with Gasteiger partial charge in [-0.1, -0.05) is 0 Å². The number of hydrogen-bond acceptors (Lipinski definition) is 5. The number of amides is 1. The lowest BCUT2D eigenvalue weighted by Crippen LogP contribution is -2.37. The lowest BCUT2D eigenvalue weighted by Gasteiger charge is -2.21. The molecule has 1 aromatic rings. The van der Waals surface area contributed by atoms with Crippen LogP contribution in [0.4, 0.5) is 5.69 Å². The van der Waals surface area contributed by atoms with Gasteiger partial charge in [0.15, 0.2) is 0 Å². The van der Waals surface area contributed by atoms with E-state index in [1.54, 1.807) is 11.4 Å². The molecule has 1 saturated heterocycles. The first-order chi connectivity index (χ1) is 8.72. The van der Waals surface area contributed by atoms with Crippen LogP contribution in [0.3, 0.4) is 0 Å². The molecule has 1 aromatic heterocycles. The largest absolute Gasteiger partial charge is 0.465 e. The quantitative estimate of drug-likeness (QED) is 0.815. The summed E-state index contributed by atoms with van der Waals surface area (Å²) in [6.07, 6.45) is 1.89. The van der Waals surface area contributed by atoms with Gasteiger partial charge < -0.3 is 15.4 Å². The second-order valence-electron chi connectivity index (χ2n) is 4.19. The van der Waals surface area contributed by atoms with Crippen LogP contribution < -0.4 is 10.6 Å². The Kier molecular flexibility index (Phi) is 4.33. The van der Waals surface area contributed by atoms with Crippen molar-refractivity contribution >= 4 is 28.9 Å². The predicted octanol–water partition coefficient (Wildman–Crippen LogP) is 1.47. The molecule has 2 N–H and O–H groups in total. The zero-order valence-electron chi connectivity index (χ0n) is 10.2. The van der Waals surface area contributed by atoms with Gasteiger partial charge in [0.25, 0.3) is 0 Å². The second-order valence-corrected chi connectivity index (χ2v) is 5.10. The molecule has 0 radical (unpaired) electrons. The van der Waals surface area contributed by atoms with Crippen LogP contribution in [0.2, 0.25) is 0 Å². The Morgan fingerprint density at radius 2 is 2.39 bits per heavy atom. The molecule has 1 aliphatic heterocycles. The summed E-state index contributed by atoms with van der Waals surface area (Å²) in [5.74, 6) is -0.475. The Labute approximate surface area is 110 Å². The third-order valence-corrected chi connectivity index (χ3v) is 3.86. The molecular formula is C12H16N2O3S. The minimum Gasteiger partial charge on any atom is -0.465 e. The molecule has 1 amide bonds. The van der Waals surface area contributed by atoms with Gasteiger partial charge in [-0.25, -0.2) is 4.79 Å². The summed E-state index contributed by atoms with van der Waals surface area (Å²) < 4.78 is 4.67. The molecule has 0 bridgehead atoms. The summed E-state index contributed by atoms with van der Waals surface area (Å²) in [6, 6.07) is 1.73. The van der Waals surface area contributed by atoms with Crippen molar-refractivity contribution in [2.75, 3.05) is 25.5 Å². The molecule has 2 heterocycles. The Balaban J connectivity index is 2.02. The van der Waals surface area contributed by atoms with Gasteiger partial charge in [0.1, 0.15) is 4.88 Å². The first-order valence-electron chi connectivity index (χ1n) is 5.89. The number of anilines is 1. The number of piperidine rings is 1. The summed E-state index contributed by atoms with van der Waals surface area (Å²) in [6.45, 7) is 1.67. The van der Waals surface area contributed by atoms with Gasteiger partial charge in [0.05, 0.1) is 18.7 Å². The molecule has 1 aliphatic rings. The predicted molar refractivity (Wildman–Crippen MR) is 69.9 cm³/mol. The highest BCUT2D eigenvalue weighted by atomic mass is 32.1. The molecular weight excluding hydrogens is 252 g/mol. The fourth-order valence-electron chi connectivity index (χ4n) is 1.97. The van der Waals surface area contributed by atoms with E-state index in [0.29, 0.717) is 17.1 Å². The van der Waals surface area contributed by atoms with Crippen molar-refractivity contribution in [3.63, 3.8) is 0 Å². The maximum absolute atomic E-state index is 12.0. The van der Waals surface area contributed by atoms with Crippen molar-refractivity contribution in [1.82, 2.24) is 5.32 Å². The number of methoxy groups -OCH3 is 1. The highest BCUT2D eigenvalue weighted by Gasteiger charge is 2.23. The van der Waals surface area contributed by atoms with Crippen LogP contribution in [0, 0.1) is 5.92 Å². The normalized spacial score (nSPS) is 19.3. The third kappa shape index (κ3) is 2.88. The fraction of sp³-hybridized carbons (Fsp3) is 0.500. The summed E-state index contributed by atoms with van der Waals surface area (Å²) in [5, 5.41) is 7.77. The first kappa shape index (κ1) is 13.0. The Bertz CT molecular complexity index is 438. The van der Waals surface area contributed by atoms with Crippen LogP contribution in [0.5, 0.6) is 0 Å². The Hall–Kier alpha value is -1.40. The van der Waals surface area contributed by atoms with E-state index in [4.69, 9.17) is 0 Å². The Morgan fingerprint density at radius 3 is 3.06 bits per heavy atom. The molecule has 5 nitrogen and oxygen atoms in total. The average molecular weight is 268 g/mol. The third-order valence-electron chi connectivity index (χ3n) is 2.96. The number of ether oxygens (including phenoxy) is 1. The van der Waals surface area contributed by atoms with E-state index in [1.807, 2.05) is 0 Å². The van der Waals surface area contributed by atoms with E-state index in [9.17, 15) is 9.59 Å². The lowest BCUT2D eigenvalue weighted by molar-refractivity contribution is -0.120. The Morgan fingerprint density at radius 1 is 1.56 bits per heavy atom. The molecule has 0 aliphatic carbocycles. The van der Waals surface area contributed by atoms with Gasteiger partial charge in [-0.05, 0) is 30.8 Å². The molecule has 0 spiro atoms. The van der Waals surface area contributed by atoms with Gasteiger partial charge in [-0.15, -0.1) is 11.3 Å². The van der Waals surface area contributed by atoms with Crippen LogP contribution in [0.1, 0.15) is 22.5 Å². The van der Waals surface area contributed by atoms with Gasteiger partial charge in [-0.3, -0.25) is 4.79 Å². The maximum Gasteiger partial charge on any atom is 0.350 e. The van der Waals surface area contributed by atoms with Crippen molar-refractivity contribution in [1.29, 1.82) is 0 Å². The van der Waals surface area contributed by atoms with Crippen LogP contribution in [0.15, 0.2) is 11.4 Å². The minimum absolute atomic E-state index is 0.0239. The fourth-order valence-corrected chi connectivity index (χ4v) is 2.73. The van der Waals surface area contributed by atoms with E-state index < -0.39 is 5.97 Å². The lowest BCUT2D eigenvalue weighted by atomic mass is 9.99. The molecule has 0 aromatic carbocycles. The number of carbonyl (C=O) groups excluding carboxylic acids is 2.